The van der Waals surface area contributed by atoms with Crippen LogP contribution in [0.1, 0.15) is 31.2 Å². The first-order valence-electron chi connectivity index (χ1n) is 13.3. The highest BCUT2D eigenvalue weighted by Crippen LogP contribution is 2.58. The third kappa shape index (κ3) is 3.87. The van der Waals surface area contributed by atoms with Crippen LogP contribution in [0.5, 0.6) is 17.2 Å². The second kappa shape index (κ2) is 9.79. The molecule has 4 unspecified atom stereocenters. The number of carbonyl (C=O) groups excluding carboxylic acids is 4. The van der Waals surface area contributed by atoms with E-state index in [1.807, 2.05) is 6.08 Å². The summed E-state index contributed by atoms with van der Waals surface area (Å²) in [6.07, 6.45) is 3.40. The summed E-state index contributed by atoms with van der Waals surface area (Å²) in [5.74, 6) is -4.42. The molecule has 42 heavy (non-hydrogen) atoms. The van der Waals surface area contributed by atoms with Crippen LogP contribution < -0.4 is 14.4 Å². The number of benzene rings is 2. The Morgan fingerprint density at radius 2 is 1.69 bits per heavy atom. The molecule has 11 nitrogen and oxygen atoms in total. The number of amides is 2. The van der Waals surface area contributed by atoms with Crippen molar-refractivity contribution in [2.75, 3.05) is 19.1 Å². The first-order chi connectivity index (χ1) is 20.1. The van der Waals surface area contributed by atoms with E-state index < -0.39 is 40.4 Å². The lowest BCUT2D eigenvalue weighted by atomic mass is 9.59. The highest BCUT2D eigenvalue weighted by Gasteiger charge is 2.57. The average molecular weight is 571 g/mol. The Morgan fingerprint density at radius 1 is 1.00 bits per heavy atom. The number of phenolic OH excluding ortho intramolecular Hbond substituents is 1. The average Bonchev–Trinajstić information content (AvgIpc) is 3.23. The van der Waals surface area contributed by atoms with Gasteiger partial charge in [-0.05, 0) is 37.8 Å². The zero-order valence-corrected chi connectivity index (χ0v) is 23.0. The van der Waals surface area contributed by atoms with Gasteiger partial charge in [-0.1, -0.05) is 17.7 Å². The van der Waals surface area contributed by atoms with Crippen molar-refractivity contribution in [3.05, 3.63) is 86.5 Å². The molecular formula is C31H26N2O9. The Labute approximate surface area is 239 Å². The first-order valence-corrected chi connectivity index (χ1v) is 13.3. The van der Waals surface area contributed by atoms with Crippen LogP contribution in [0.4, 0.5) is 11.4 Å². The lowest BCUT2D eigenvalue weighted by Crippen LogP contribution is -2.40. The number of non-ortho nitro benzene ring substituents is 1. The Kier molecular flexibility index (Phi) is 6.32. The molecule has 1 aliphatic heterocycles. The number of aromatic hydroxyl groups is 1. The van der Waals surface area contributed by atoms with E-state index in [2.05, 4.69) is 0 Å². The van der Waals surface area contributed by atoms with Crippen molar-refractivity contribution in [1.29, 1.82) is 0 Å². The number of fused-ring (bicyclic) bond motifs is 3. The molecule has 2 aromatic carbocycles. The minimum atomic E-state index is -0.864. The van der Waals surface area contributed by atoms with Crippen LogP contribution >= 0.6 is 0 Å². The van der Waals surface area contributed by atoms with Gasteiger partial charge in [0.1, 0.15) is 17.2 Å². The molecule has 2 aromatic rings. The number of Topliss-reactive ketones (excluding diaryl/α,β-unsaturated/α-hetero) is 1. The summed E-state index contributed by atoms with van der Waals surface area (Å²) < 4.78 is 11.2. The zero-order valence-electron chi connectivity index (χ0n) is 23.0. The normalized spacial score (nSPS) is 25.0. The highest BCUT2D eigenvalue weighted by atomic mass is 16.6. The second-order valence-corrected chi connectivity index (χ2v) is 10.8. The summed E-state index contributed by atoms with van der Waals surface area (Å²) in [5.41, 5.74) is 1.73. The van der Waals surface area contributed by atoms with Gasteiger partial charge in [-0.3, -0.25) is 29.3 Å². The molecule has 0 spiro atoms. The molecule has 0 aromatic heterocycles. The molecule has 0 bridgehead atoms. The molecule has 1 saturated heterocycles. The Hall–Kier alpha value is -5.06. The van der Waals surface area contributed by atoms with Crippen molar-refractivity contribution in [2.45, 2.75) is 25.7 Å². The van der Waals surface area contributed by atoms with Gasteiger partial charge < -0.3 is 14.6 Å². The van der Waals surface area contributed by atoms with Crippen LogP contribution in [0.15, 0.2) is 70.8 Å². The van der Waals surface area contributed by atoms with Gasteiger partial charge in [0, 0.05) is 52.5 Å². The van der Waals surface area contributed by atoms with Crippen LogP contribution in [0.2, 0.25) is 0 Å². The maximum Gasteiger partial charge on any atom is 0.271 e. The topological polar surface area (TPSA) is 153 Å². The highest BCUT2D eigenvalue weighted by molar-refractivity contribution is 6.25. The molecule has 1 fully saturated rings. The minimum Gasteiger partial charge on any atom is -0.508 e. The molecule has 3 aliphatic carbocycles. The van der Waals surface area contributed by atoms with Crippen molar-refractivity contribution >= 4 is 34.8 Å². The molecule has 4 atom stereocenters. The number of hydrogen-bond acceptors (Lipinski definition) is 9. The summed E-state index contributed by atoms with van der Waals surface area (Å²) in [4.78, 5) is 66.5. The fraction of sp³-hybridized carbons (Fsp3) is 0.290. The van der Waals surface area contributed by atoms with Crippen molar-refractivity contribution in [3.8, 4) is 17.2 Å². The summed E-state index contributed by atoms with van der Waals surface area (Å²) in [6, 6.07) is 8.13. The lowest BCUT2D eigenvalue weighted by Gasteiger charge is -2.42. The number of phenols is 1. The SMILES string of the molecule is COc1cc(O)cc(OC)c1C1C2=CCC3C(=O)N(c4cccc([N+](=O)[O-])c4)C(=O)C3C2CC2=C1C(=O)C=C(C)C2=O. The molecule has 0 saturated carbocycles. The number of nitro groups is 1. The van der Waals surface area contributed by atoms with E-state index in [-0.39, 0.29) is 69.8 Å². The van der Waals surface area contributed by atoms with Crippen LogP contribution in [0.3, 0.4) is 0 Å². The third-order valence-corrected chi connectivity index (χ3v) is 8.68. The summed E-state index contributed by atoms with van der Waals surface area (Å²) in [7, 11) is 2.82. The van der Waals surface area contributed by atoms with Gasteiger partial charge in [0.2, 0.25) is 11.8 Å². The largest absolute Gasteiger partial charge is 0.508 e. The quantitative estimate of drug-likeness (QED) is 0.185. The van der Waals surface area contributed by atoms with E-state index in [0.717, 1.165) is 4.90 Å². The molecule has 1 heterocycles. The number of nitro benzene ring substituents is 1. The van der Waals surface area contributed by atoms with Gasteiger partial charge in [-0.15, -0.1) is 0 Å². The number of hydrogen-bond donors (Lipinski definition) is 1. The number of carbonyl (C=O) groups is 4. The summed E-state index contributed by atoms with van der Waals surface area (Å²) in [6.45, 7) is 1.56. The molecule has 6 rings (SSSR count). The standard InChI is InChI=1S/C31H26N2O9/c1-14-9-22(35)26-21(29(14)36)13-20-18(27(26)28-23(41-2)11-17(34)12-24(28)42-3)7-8-19-25(20)31(38)32(30(19)37)15-5-4-6-16(10-15)33(39)40/h4-7,9-12,19-20,25,27,34H,8,13H2,1-3H3. The number of ether oxygens (including phenoxy) is 2. The summed E-state index contributed by atoms with van der Waals surface area (Å²) in [5, 5.41) is 21.7. The van der Waals surface area contributed by atoms with Crippen molar-refractivity contribution in [3.63, 3.8) is 0 Å². The Bertz CT molecular complexity index is 1690. The number of anilines is 1. The molecule has 2 amide bonds. The monoisotopic (exact) mass is 570 g/mol. The van der Waals surface area contributed by atoms with Crippen molar-refractivity contribution in [2.24, 2.45) is 17.8 Å². The predicted octanol–water partition coefficient (Wildman–Crippen LogP) is 3.95. The zero-order chi connectivity index (χ0) is 30.0. The number of rotatable bonds is 5. The van der Waals surface area contributed by atoms with Crippen LogP contribution in [0, 0.1) is 27.9 Å². The number of imide groups is 1. The lowest BCUT2D eigenvalue weighted by molar-refractivity contribution is -0.384. The molecule has 4 aliphatic rings. The van der Waals surface area contributed by atoms with E-state index in [1.165, 1.54) is 56.7 Å². The predicted molar refractivity (Wildman–Crippen MR) is 148 cm³/mol. The molecule has 214 valence electrons. The maximum atomic E-state index is 14.0. The van der Waals surface area contributed by atoms with Gasteiger partial charge in [0.25, 0.3) is 5.69 Å². The Balaban J connectivity index is 1.53. The molecule has 0 radical (unpaired) electrons. The van der Waals surface area contributed by atoms with E-state index in [1.54, 1.807) is 6.92 Å². The fourth-order valence-corrected chi connectivity index (χ4v) is 6.92. The Morgan fingerprint density at radius 3 is 2.33 bits per heavy atom. The summed E-state index contributed by atoms with van der Waals surface area (Å²) >= 11 is 0. The maximum absolute atomic E-state index is 14.0. The number of allylic oxidation sites excluding steroid dienone is 6. The first kappa shape index (κ1) is 27.1. The van der Waals surface area contributed by atoms with Gasteiger partial charge in [0.15, 0.2) is 11.6 Å². The fourth-order valence-electron chi connectivity index (χ4n) is 6.92. The second-order valence-electron chi connectivity index (χ2n) is 10.8. The van der Waals surface area contributed by atoms with Gasteiger partial charge in [0.05, 0.1) is 36.7 Å². The minimum absolute atomic E-state index is 0.0686. The van der Waals surface area contributed by atoms with E-state index in [0.29, 0.717) is 11.1 Å². The van der Waals surface area contributed by atoms with Crippen molar-refractivity contribution < 1.29 is 38.7 Å². The van der Waals surface area contributed by atoms with E-state index in [9.17, 15) is 34.4 Å². The molecule has 1 N–H and O–H groups in total. The number of nitrogens with zero attached hydrogens (tertiary/aromatic N) is 2. The van der Waals surface area contributed by atoms with Crippen LogP contribution in [-0.4, -0.2) is 47.6 Å². The van der Waals surface area contributed by atoms with E-state index >= 15 is 0 Å². The van der Waals surface area contributed by atoms with E-state index in [4.69, 9.17) is 9.47 Å². The smallest absolute Gasteiger partial charge is 0.271 e. The van der Waals surface area contributed by atoms with Gasteiger partial charge in [-0.25, -0.2) is 4.90 Å². The third-order valence-electron chi connectivity index (χ3n) is 8.68. The van der Waals surface area contributed by atoms with Crippen molar-refractivity contribution in [1.82, 2.24) is 0 Å². The van der Waals surface area contributed by atoms with Crippen LogP contribution in [-0.2, 0) is 19.2 Å². The number of ketones is 2. The molecule has 11 heteroatoms. The van der Waals surface area contributed by atoms with Gasteiger partial charge in [-0.2, -0.15) is 0 Å². The number of methoxy groups -OCH3 is 2. The molecular weight excluding hydrogens is 544 g/mol. The van der Waals surface area contributed by atoms with Crippen LogP contribution in [0.25, 0.3) is 0 Å². The van der Waals surface area contributed by atoms with Gasteiger partial charge >= 0.3 is 0 Å².